The number of benzene rings is 2. The maximum atomic E-state index is 12.7. The molecule has 1 heterocycles. The van der Waals surface area contributed by atoms with Gasteiger partial charge >= 0.3 is 0 Å². The van der Waals surface area contributed by atoms with Crippen molar-refractivity contribution in [3.05, 3.63) is 59.2 Å². The number of amides is 1. The summed E-state index contributed by atoms with van der Waals surface area (Å²) >= 11 is 0. The van der Waals surface area contributed by atoms with E-state index in [9.17, 15) is 4.79 Å². The van der Waals surface area contributed by atoms with Crippen LogP contribution in [0.3, 0.4) is 0 Å². The zero-order valence-electron chi connectivity index (χ0n) is 13.9. The second kappa shape index (κ2) is 6.45. The monoisotopic (exact) mass is 309 g/mol. The van der Waals surface area contributed by atoms with Crippen LogP contribution >= 0.6 is 0 Å². The molecule has 2 aromatic rings. The van der Waals surface area contributed by atoms with E-state index in [1.807, 2.05) is 43.3 Å². The van der Waals surface area contributed by atoms with Crippen molar-refractivity contribution >= 4 is 11.6 Å². The number of fused-ring (bicyclic) bond motifs is 1. The zero-order valence-corrected chi connectivity index (χ0v) is 13.9. The van der Waals surface area contributed by atoms with Crippen LogP contribution in [0.1, 0.15) is 36.5 Å². The molecule has 0 bridgehead atoms. The summed E-state index contributed by atoms with van der Waals surface area (Å²) in [5, 5.41) is 3.14. The van der Waals surface area contributed by atoms with Crippen molar-refractivity contribution in [1.29, 1.82) is 0 Å². The van der Waals surface area contributed by atoms with Gasteiger partial charge in [-0.3, -0.25) is 4.79 Å². The molecule has 1 unspecified atom stereocenters. The fraction of sp³-hybridized carbons (Fsp3) is 0.350. The molecule has 2 aromatic carbocycles. The summed E-state index contributed by atoms with van der Waals surface area (Å²) in [7, 11) is 0. The molecule has 0 spiro atoms. The molecule has 0 saturated carbocycles. The van der Waals surface area contributed by atoms with Gasteiger partial charge in [0.05, 0.1) is 5.92 Å². The topological polar surface area (TPSA) is 38.3 Å². The molecular formula is C20H23NO2. The number of carbonyl (C=O) groups is 1. The minimum Gasteiger partial charge on any atom is -0.492 e. The van der Waals surface area contributed by atoms with Crippen molar-refractivity contribution in [2.24, 2.45) is 5.92 Å². The van der Waals surface area contributed by atoms with Crippen LogP contribution in [-0.2, 0) is 11.2 Å². The van der Waals surface area contributed by atoms with Crippen LogP contribution in [-0.4, -0.2) is 12.5 Å². The SMILES string of the molecule is Cc1cccc(C(C)C)c1NC(=O)C1COc2ccccc2C1. The summed E-state index contributed by atoms with van der Waals surface area (Å²) in [6, 6.07) is 14.1. The van der Waals surface area contributed by atoms with E-state index in [1.165, 1.54) is 5.56 Å². The van der Waals surface area contributed by atoms with E-state index < -0.39 is 0 Å². The highest BCUT2D eigenvalue weighted by Crippen LogP contribution is 2.30. The summed E-state index contributed by atoms with van der Waals surface area (Å²) in [6.45, 7) is 6.76. The Morgan fingerprint density at radius 3 is 2.74 bits per heavy atom. The van der Waals surface area contributed by atoms with Crippen LogP contribution in [0.2, 0.25) is 0 Å². The Morgan fingerprint density at radius 2 is 1.96 bits per heavy atom. The lowest BCUT2D eigenvalue weighted by Gasteiger charge is -2.25. The normalized spacial score (nSPS) is 16.6. The standard InChI is InChI=1S/C20H23NO2/c1-13(2)17-9-6-7-14(3)19(17)21-20(22)16-11-15-8-4-5-10-18(15)23-12-16/h4-10,13,16H,11-12H2,1-3H3,(H,21,22). The molecule has 120 valence electrons. The molecule has 1 aliphatic rings. The van der Waals surface area contributed by atoms with Gasteiger partial charge in [-0.2, -0.15) is 0 Å². The highest BCUT2D eigenvalue weighted by molar-refractivity contribution is 5.94. The minimum absolute atomic E-state index is 0.0377. The third-order valence-electron chi connectivity index (χ3n) is 4.42. The average Bonchev–Trinajstić information content (AvgIpc) is 2.56. The second-order valence-electron chi connectivity index (χ2n) is 6.50. The van der Waals surface area contributed by atoms with Crippen LogP contribution < -0.4 is 10.1 Å². The smallest absolute Gasteiger partial charge is 0.231 e. The predicted octanol–water partition coefficient (Wildman–Crippen LogP) is 4.31. The van der Waals surface area contributed by atoms with Crippen LogP contribution in [0.25, 0.3) is 0 Å². The molecule has 1 atom stereocenters. The predicted molar refractivity (Wildman–Crippen MR) is 93.0 cm³/mol. The number of hydrogen-bond donors (Lipinski definition) is 1. The Hall–Kier alpha value is -2.29. The van der Waals surface area contributed by atoms with E-state index >= 15 is 0 Å². The molecule has 0 saturated heterocycles. The Morgan fingerprint density at radius 1 is 1.17 bits per heavy atom. The first-order valence-corrected chi connectivity index (χ1v) is 8.17. The van der Waals surface area contributed by atoms with E-state index in [1.54, 1.807) is 0 Å². The van der Waals surface area contributed by atoms with Crippen molar-refractivity contribution in [3.63, 3.8) is 0 Å². The lowest BCUT2D eigenvalue weighted by Crippen LogP contribution is -2.33. The first-order chi connectivity index (χ1) is 11.1. The van der Waals surface area contributed by atoms with Gasteiger partial charge in [0.2, 0.25) is 5.91 Å². The molecule has 3 heteroatoms. The Balaban J connectivity index is 1.79. The van der Waals surface area contributed by atoms with Gasteiger partial charge in [-0.05, 0) is 42.0 Å². The number of aryl methyl sites for hydroxylation is 1. The van der Waals surface area contributed by atoms with E-state index in [2.05, 4.69) is 25.2 Å². The number of hydrogen-bond acceptors (Lipinski definition) is 2. The van der Waals surface area contributed by atoms with Gasteiger partial charge in [0, 0.05) is 5.69 Å². The summed E-state index contributed by atoms with van der Waals surface area (Å²) in [6.07, 6.45) is 0.727. The third kappa shape index (κ3) is 3.24. The Kier molecular flexibility index (Phi) is 4.37. The molecule has 3 nitrogen and oxygen atoms in total. The quantitative estimate of drug-likeness (QED) is 0.917. The van der Waals surface area contributed by atoms with Gasteiger partial charge in [-0.1, -0.05) is 50.2 Å². The molecule has 1 amide bonds. The van der Waals surface area contributed by atoms with Crippen molar-refractivity contribution in [1.82, 2.24) is 0 Å². The van der Waals surface area contributed by atoms with Gasteiger partial charge in [0.15, 0.2) is 0 Å². The van der Waals surface area contributed by atoms with Crippen molar-refractivity contribution in [2.75, 3.05) is 11.9 Å². The Bertz CT molecular complexity index is 721. The van der Waals surface area contributed by atoms with Gasteiger partial charge in [0.25, 0.3) is 0 Å². The summed E-state index contributed by atoms with van der Waals surface area (Å²) in [4.78, 5) is 12.7. The number of rotatable bonds is 3. The van der Waals surface area contributed by atoms with Gasteiger partial charge in [-0.25, -0.2) is 0 Å². The van der Waals surface area contributed by atoms with Crippen molar-refractivity contribution in [2.45, 2.75) is 33.1 Å². The first-order valence-electron chi connectivity index (χ1n) is 8.17. The Labute approximate surface area is 137 Å². The fourth-order valence-electron chi connectivity index (χ4n) is 3.06. The van der Waals surface area contributed by atoms with Crippen LogP contribution in [0.5, 0.6) is 5.75 Å². The van der Waals surface area contributed by atoms with E-state index in [4.69, 9.17) is 4.74 Å². The molecule has 1 N–H and O–H groups in total. The molecule has 0 aliphatic carbocycles. The third-order valence-corrected chi connectivity index (χ3v) is 4.42. The zero-order chi connectivity index (χ0) is 16.4. The summed E-state index contributed by atoms with van der Waals surface area (Å²) < 4.78 is 5.74. The number of nitrogens with one attached hydrogen (secondary N) is 1. The van der Waals surface area contributed by atoms with E-state index in [0.29, 0.717) is 12.5 Å². The summed E-state index contributed by atoms with van der Waals surface area (Å²) in [5.74, 6) is 1.16. The molecule has 1 aliphatic heterocycles. The molecule has 0 aromatic heterocycles. The largest absolute Gasteiger partial charge is 0.492 e. The van der Waals surface area contributed by atoms with Crippen molar-refractivity contribution < 1.29 is 9.53 Å². The first kappa shape index (κ1) is 15.6. The maximum Gasteiger partial charge on any atom is 0.231 e. The van der Waals surface area contributed by atoms with Crippen LogP contribution in [0, 0.1) is 12.8 Å². The van der Waals surface area contributed by atoms with Crippen LogP contribution in [0.15, 0.2) is 42.5 Å². The second-order valence-corrected chi connectivity index (χ2v) is 6.50. The van der Waals surface area contributed by atoms with E-state index in [-0.39, 0.29) is 11.8 Å². The molecule has 23 heavy (non-hydrogen) atoms. The van der Waals surface area contributed by atoms with Gasteiger partial charge in [-0.15, -0.1) is 0 Å². The minimum atomic E-state index is -0.149. The lowest BCUT2D eigenvalue weighted by molar-refractivity contribution is -0.121. The molecular weight excluding hydrogens is 286 g/mol. The highest BCUT2D eigenvalue weighted by atomic mass is 16.5. The maximum absolute atomic E-state index is 12.7. The summed E-state index contributed by atoms with van der Waals surface area (Å²) in [5.41, 5.74) is 4.33. The molecule has 0 radical (unpaired) electrons. The van der Waals surface area contributed by atoms with Crippen LogP contribution in [0.4, 0.5) is 5.69 Å². The fourth-order valence-corrected chi connectivity index (χ4v) is 3.06. The van der Waals surface area contributed by atoms with Gasteiger partial charge in [0.1, 0.15) is 12.4 Å². The van der Waals surface area contributed by atoms with E-state index in [0.717, 1.165) is 29.0 Å². The number of ether oxygens (including phenoxy) is 1. The highest BCUT2D eigenvalue weighted by Gasteiger charge is 2.26. The number of anilines is 1. The van der Waals surface area contributed by atoms with Crippen molar-refractivity contribution in [3.8, 4) is 5.75 Å². The number of carbonyl (C=O) groups excluding carboxylic acids is 1. The average molecular weight is 309 g/mol. The molecule has 3 rings (SSSR count). The lowest BCUT2D eigenvalue weighted by atomic mass is 9.94. The van der Waals surface area contributed by atoms with Gasteiger partial charge < -0.3 is 10.1 Å². The molecule has 0 fully saturated rings. The number of para-hydroxylation sites is 2.